The van der Waals surface area contributed by atoms with Gasteiger partial charge in [-0.1, -0.05) is 12.8 Å². The van der Waals surface area contributed by atoms with E-state index >= 15 is 0 Å². The van der Waals surface area contributed by atoms with Crippen LogP contribution in [0, 0.1) is 0 Å². The topological polar surface area (TPSA) is 41.3 Å². The maximum Gasteiger partial charge on any atom is 0.0254 e. The average molecular weight is 157 g/mol. The number of nitrogens with zero attached hydrogens (tertiary/aromatic N) is 1. The van der Waals surface area contributed by atoms with Crippen molar-refractivity contribution >= 4 is 0 Å². The number of hydrazine groups is 1. The van der Waals surface area contributed by atoms with E-state index in [2.05, 4.69) is 10.4 Å². The van der Waals surface area contributed by atoms with E-state index in [9.17, 15) is 0 Å². The molecule has 3 nitrogen and oxygen atoms in total. The molecule has 0 aromatic carbocycles. The van der Waals surface area contributed by atoms with Crippen LogP contribution in [-0.2, 0) is 0 Å². The minimum atomic E-state index is 0.757. The van der Waals surface area contributed by atoms with Gasteiger partial charge < -0.3 is 5.73 Å². The molecule has 0 aliphatic carbocycles. The lowest BCUT2D eigenvalue weighted by Crippen LogP contribution is -2.43. The normalized spacial score (nSPS) is 22.6. The number of nitrogens with one attached hydrogen (secondary N) is 1. The molecule has 3 heteroatoms. The molecule has 1 heterocycles. The Kier molecular flexibility index (Phi) is 4.50. The molecule has 1 aliphatic rings. The zero-order valence-corrected chi connectivity index (χ0v) is 7.18. The van der Waals surface area contributed by atoms with Gasteiger partial charge in [0.2, 0.25) is 0 Å². The van der Waals surface area contributed by atoms with Gasteiger partial charge in [-0.2, -0.15) is 0 Å². The first kappa shape index (κ1) is 8.97. The summed E-state index contributed by atoms with van der Waals surface area (Å²) in [5, 5.41) is 2.25. The van der Waals surface area contributed by atoms with E-state index in [1.807, 2.05) is 0 Å². The molecule has 0 spiro atoms. The van der Waals surface area contributed by atoms with Crippen LogP contribution in [0.15, 0.2) is 0 Å². The van der Waals surface area contributed by atoms with Crippen LogP contribution in [0.4, 0.5) is 0 Å². The molecule has 1 saturated heterocycles. The molecule has 0 amide bonds. The number of rotatable bonds is 2. The highest BCUT2D eigenvalue weighted by atomic mass is 15.5. The van der Waals surface area contributed by atoms with Crippen molar-refractivity contribution in [3.05, 3.63) is 0 Å². The first-order valence-electron chi connectivity index (χ1n) is 4.62. The summed E-state index contributed by atoms with van der Waals surface area (Å²) in [4.78, 5) is 0. The summed E-state index contributed by atoms with van der Waals surface area (Å²) in [6, 6.07) is 0. The van der Waals surface area contributed by atoms with Gasteiger partial charge >= 0.3 is 0 Å². The van der Waals surface area contributed by atoms with E-state index in [-0.39, 0.29) is 0 Å². The van der Waals surface area contributed by atoms with Crippen molar-refractivity contribution in [1.82, 2.24) is 10.4 Å². The van der Waals surface area contributed by atoms with Crippen LogP contribution in [0.2, 0.25) is 0 Å². The van der Waals surface area contributed by atoms with Gasteiger partial charge in [0.15, 0.2) is 0 Å². The second-order valence-corrected chi connectivity index (χ2v) is 3.10. The minimum absolute atomic E-state index is 0.757. The second-order valence-electron chi connectivity index (χ2n) is 3.10. The Hall–Kier alpha value is -0.120. The molecule has 0 bridgehead atoms. The Labute approximate surface area is 68.9 Å². The van der Waals surface area contributed by atoms with E-state index in [0.29, 0.717) is 0 Å². The third-order valence-corrected chi connectivity index (χ3v) is 2.09. The highest BCUT2D eigenvalue weighted by Crippen LogP contribution is 2.03. The molecule has 0 aromatic heterocycles. The van der Waals surface area contributed by atoms with Crippen LogP contribution in [0.3, 0.4) is 0 Å². The van der Waals surface area contributed by atoms with Gasteiger partial charge in [0.25, 0.3) is 0 Å². The van der Waals surface area contributed by atoms with E-state index in [1.165, 1.54) is 25.7 Å². The Morgan fingerprint density at radius 3 is 2.82 bits per heavy atom. The van der Waals surface area contributed by atoms with Gasteiger partial charge in [0, 0.05) is 26.2 Å². The van der Waals surface area contributed by atoms with Gasteiger partial charge in [-0.05, 0) is 12.8 Å². The largest absolute Gasteiger partial charge is 0.329 e. The molecule has 66 valence electrons. The summed E-state index contributed by atoms with van der Waals surface area (Å²) in [6.07, 6.45) is 5.38. The van der Waals surface area contributed by atoms with E-state index in [1.54, 1.807) is 0 Å². The van der Waals surface area contributed by atoms with Crippen molar-refractivity contribution in [3.8, 4) is 0 Å². The van der Waals surface area contributed by atoms with Crippen molar-refractivity contribution in [2.24, 2.45) is 5.73 Å². The predicted octanol–water partition coefficient (Wildman–Crippen LogP) is 0.326. The van der Waals surface area contributed by atoms with E-state index < -0.39 is 0 Å². The van der Waals surface area contributed by atoms with Gasteiger partial charge in [0.1, 0.15) is 0 Å². The third kappa shape index (κ3) is 3.70. The Morgan fingerprint density at radius 1 is 1.18 bits per heavy atom. The molecule has 1 fully saturated rings. The van der Waals surface area contributed by atoms with Crippen LogP contribution >= 0.6 is 0 Å². The predicted molar refractivity (Wildman–Crippen MR) is 47.1 cm³/mol. The summed E-state index contributed by atoms with van der Waals surface area (Å²) >= 11 is 0. The molecule has 11 heavy (non-hydrogen) atoms. The molecule has 0 radical (unpaired) electrons. The summed E-state index contributed by atoms with van der Waals surface area (Å²) in [5.41, 5.74) is 8.84. The number of nitrogens with two attached hydrogens (primary N) is 1. The molecule has 0 aromatic rings. The lowest BCUT2D eigenvalue weighted by molar-refractivity contribution is 0.177. The minimum Gasteiger partial charge on any atom is -0.329 e. The van der Waals surface area contributed by atoms with Gasteiger partial charge in [-0.15, -0.1) is 0 Å². The molecule has 3 N–H and O–H groups in total. The SMILES string of the molecule is NCCN1CCCCCCN1. The third-order valence-electron chi connectivity index (χ3n) is 2.09. The van der Waals surface area contributed by atoms with Crippen LogP contribution in [0.5, 0.6) is 0 Å². The average Bonchev–Trinajstić information content (AvgIpc) is 1.94. The van der Waals surface area contributed by atoms with Crippen molar-refractivity contribution in [3.63, 3.8) is 0 Å². The van der Waals surface area contributed by atoms with Crippen LogP contribution in [0.25, 0.3) is 0 Å². The fourth-order valence-corrected chi connectivity index (χ4v) is 1.44. The van der Waals surface area contributed by atoms with Crippen molar-refractivity contribution in [2.45, 2.75) is 25.7 Å². The first-order valence-corrected chi connectivity index (χ1v) is 4.62. The maximum atomic E-state index is 5.47. The summed E-state index contributed by atoms with van der Waals surface area (Å²) in [7, 11) is 0. The lowest BCUT2D eigenvalue weighted by atomic mass is 10.2. The maximum absolute atomic E-state index is 5.47. The van der Waals surface area contributed by atoms with Gasteiger partial charge in [-0.3, -0.25) is 5.43 Å². The zero-order valence-electron chi connectivity index (χ0n) is 7.18. The van der Waals surface area contributed by atoms with Crippen molar-refractivity contribution in [1.29, 1.82) is 0 Å². The second kappa shape index (κ2) is 5.52. The van der Waals surface area contributed by atoms with Crippen LogP contribution in [-0.4, -0.2) is 31.2 Å². The van der Waals surface area contributed by atoms with E-state index in [4.69, 9.17) is 5.73 Å². The molecular formula is C8H19N3. The number of hydrogen-bond acceptors (Lipinski definition) is 3. The van der Waals surface area contributed by atoms with E-state index in [0.717, 1.165) is 26.2 Å². The Balaban J connectivity index is 2.15. The Bertz CT molecular complexity index is 87.3. The summed E-state index contributed by atoms with van der Waals surface area (Å²) in [6.45, 7) is 4.03. The highest BCUT2D eigenvalue weighted by molar-refractivity contribution is 4.58. The lowest BCUT2D eigenvalue weighted by Gasteiger charge is -2.24. The molecule has 0 unspecified atom stereocenters. The molecular weight excluding hydrogens is 138 g/mol. The van der Waals surface area contributed by atoms with Crippen LogP contribution in [0.1, 0.15) is 25.7 Å². The smallest absolute Gasteiger partial charge is 0.0254 e. The Morgan fingerprint density at radius 2 is 2.00 bits per heavy atom. The van der Waals surface area contributed by atoms with Gasteiger partial charge in [-0.25, -0.2) is 5.01 Å². The molecule has 1 rings (SSSR count). The standard InChI is InChI=1S/C8H19N3/c9-5-8-11-7-4-2-1-3-6-10-11/h10H,1-9H2. The fourth-order valence-electron chi connectivity index (χ4n) is 1.44. The van der Waals surface area contributed by atoms with Crippen molar-refractivity contribution < 1.29 is 0 Å². The summed E-state index contributed by atoms with van der Waals surface area (Å²) < 4.78 is 0. The van der Waals surface area contributed by atoms with Crippen molar-refractivity contribution in [2.75, 3.05) is 26.2 Å². The fraction of sp³-hybridized carbons (Fsp3) is 1.00. The zero-order chi connectivity index (χ0) is 7.94. The highest BCUT2D eigenvalue weighted by Gasteiger charge is 2.04. The molecule has 0 saturated carbocycles. The first-order chi connectivity index (χ1) is 5.43. The van der Waals surface area contributed by atoms with Crippen LogP contribution < -0.4 is 11.2 Å². The molecule has 1 aliphatic heterocycles. The van der Waals surface area contributed by atoms with Gasteiger partial charge in [0.05, 0.1) is 0 Å². The molecule has 0 atom stereocenters. The summed E-state index contributed by atoms with van der Waals surface area (Å²) in [5.74, 6) is 0. The number of hydrogen-bond donors (Lipinski definition) is 2. The monoisotopic (exact) mass is 157 g/mol. The quantitative estimate of drug-likeness (QED) is 0.607.